The highest BCUT2D eigenvalue weighted by atomic mass is 35.5. The molecule has 0 saturated carbocycles. The van der Waals surface area contributed by atoms with Crippen molar-refractivity contribution in [2.45, 2.75) is 45.1 Å². The van der Waals surface area contributed by atoms with Crippen LogP contribution >= 0.6 is 12.4 Å². The van der Waals surface area contributed by atoms with Crippen LogP contribution < -0.4 is 5.32 Å². The molecule has 0 radical (unpaired) electrons. The lowest BCUT2D eigenvalue weighted by Gasteiger charge is -2.24. The number of hydrogen-bond acceptors (Lipinski definition) is 4. The summed E-state index contributed by atoms with van der Waals surface area (Å²) in [6.07, 6.45) is 4.47. The minimum Gasteiger partial charge on any atom is -0.338 e. The van der Waals surface area contributed by atoms with Gasteiger partial charge in [0.2, 0.25) is 5.91 Å². The van der Waals surface area contributed by atoms with Crippen LogP contribution in [0.15, 0.2) is 0 Å². The summed E-state index contributed by atoms with van der Waals surface area (Å²) in [6.45, 7) is 3.46. The first-order valence-electron chi connectivity index (χ1n) is 7.14. The Morgan fingerprint density at radius 1 is 1.35 bits per heavy atom. The van der Waals surface area contributed by atoms with Crippen LogP contribution in [0.5, 0.6) is 0 Å². The average molecular weight is 327 g/mol. The largest absolute Gasteiger partial charge is 0.338 e. The highest BCUT2D eigenvalue weighted by Gasteiger charge is 2.30. The molecule has 5 nitrogen and oxygen atoms in total. The SMILES string of the molecule is CCCCCS(=O)(=O)CC(=O)N1CCCC1CNC.Cl. The molecule has 20 heavy (non-hydrogen) atoms. The zero-order valence-corrected chi connectivity index (χ0v) is 14.1. The molecule has 1 aliphatic rings. The molecule has 1 amide bonds. The molecule has 1 aliphatic heterocycles. The number of rotatable bonds is 8. The summed E-state index contributed by atoms with van der Waals surface area (Å²) in [7, 11) is -1.39. The van der Waals surface area contributed by atoms with E-state index in [9.17, 15) is 13.2 Å². The fourth-order valence-corrected chi connectivity index (χ4v) is 3.86. The Morgan fingerprint density at radius 3 is 2.65 bits per heavy atom. The van der Waals surface area contributed by atoms with Gasteiger partial charge >= 0.3 is 0 Å². The van der Waals surface area contributed by atoms with Crippen molar-refractivity contribution in [3.8, 4) is 0 Å². The van der Waals surface area contributed by atoms with Crippen molar-refractivity contribution in [2.75, 3.05) is 31.6 Å². The van der Waals surface area contributed by atoms with E-state index in [0.29, 0.717) is 13.0 Å². The third-order valence-corrected chi connectivity index (χ3v) is 5.14. The molecule has 1 saturated heterocycles. The quantitative estimate of drug-likeness (QED) is 0.681. The van der Waals surface area contributed by atoms with E-state index in [-0.39, 0.29) is 35.9 Å². The van der Waals surface area contributed by atoms with Crippen LogP contribution in [0.2, 0.25) is 0 Å². The van der Waals surface area contributed by atoms with Crippen LogP contribution in [-0.4, -0.2) is 56.9 Å². The first-order chi connectivity index (χ1) is 9.00. The third kappa shape index (κ3) is 6.41. The normalized spacial score (nSPS) is 18.9. The standard InChI is InChI=1S/C13H26N2O3S.ClH/c1-3-4-5-9-19(17,18)11-13(16)15-8-6-7-12(15)10-14-2;/h12,14H,3-11H2,1-2H3;1H. The molecule has 120 valence electrons. The molecule has 0 aromatic heterocycles. The fourth-order valence-electron chi connectivity index (χ4n) is 2.53. The van der Waals surface area contributed by atoms with Crippen LogP contribution in [0, 0.1) is 0 Å². The Kier molecular flexibility index (Phi) is 9.42. The van der Waals surface area contributed by atoms with Gasteiger partial charge in [0.15, 0.2) is 9.84 Å². The first-order valence-corrected chi connectivity index (χ1v) is 8.96. The molecule has 0 spiro atoms. The van der Waals surface area contributed by atoms with Gasteiger partial charge in [0.1, 0.15) is 5.75 Å². The number of hydrogen-bond donors (Lipinski definition) is 1. The van der Waals surface area contributed by atoms with Gasteiger partial charge in [-0.05, 0) is 26.3 Å². The Morgan fingerprint density at radius 2 is 2.05 bits per heavy atom. The molecule has 1 heterocycles. The average Bonchev–Trinajstić information content (AvgIpc) is 2.77. The zero-order valence-electron chi connectivity index (χ0n) is 12.4. The summed E-state index contributed by atoms with van der Waals surface area (Å²) in [5, 5.41) is 3.06. The van der Waals surface area contributed by atoms with Gasteiger partial charge in [-0.25, -0.2) is 8.42 Å². The second kappa shape index (κ2) is 9.58. The maximum Gasteiger partial charge on any atom is 0.238 e. The second-order valence-electron chi connectivity index (χ2n) is 5.24. The summed E-state index contributed by atoms with van der Waals surface area (Å²) in [5.41, 5.74) is 0. The van der Waals surface area contributed by atoms with Gasteiger partial charge in [-0.1, -0.05) is 19.8 Å². The van der Waals surface area contributed by atoms with Crippen molar-refractivity contribution in [3.63, 3.8) is 0 Å². The molecular formula is C13H27ClN2O3S. The van der Waals surface area contributed by atoms with Gasteiger partial charge in [0, 0.05) is 19.1 Å². The number of carbonyl (C=O) groups is 1. The predicted molar refractivity (Wildman–Crippen MR) is 84.1 cm³/mol. The van der Waals surface area contributed by atoms with Crippen LogP contribution in [0.1, 0.15) is 39.0 Å². The van der Waals surface area contributed by atoms with E-state index in [4.69, 9.17) is 0 Å². The zero-order chi connectivity index (χ0) is 14.3. The summed E-state index contributed by atoms with van der Waals surface area (Å²) in [4.78, 5) is 13.8. The molecular weight excluding hydrogens is 300 g/mol. The number of likely N-dealkylation sites (tertiary alicyclic amines) is 1. The fraction of sp³-hybridized carbons (Fsp3) is 0.923. The summed E-state index contributed by atoms with van der Waals surface area (Å²) in [5.74, 6) is -0.414. The molecule has 1 N–H and O–H groups in total. The van der Waals surface area contributed by atoms with Crippen molar-refractivity contribution < 1.29 is 13.2 Å². The van der Waals surface area contributed by atoms with E-state index in [1.807, 2.05) is 14.0 Å². The summed E-state index contributed by atoms with van der Waals surface area (Å²) >= 11 is 0. The molecule has 1 fully saturated rings. The number of amides is 1. The number of halogens is 1. The summed E-state index contributed by atoms with van der Waals surface area (Å²) < 4.78 is 23.7. The van der Waals surface area contributed by atoms with E-state index < -0.39 is 9.84 Å². The van der Waals surface area contributed by atoms with Gasteiger partial charge in [0.25, 0.3) is 0 Å². The number of carbonyl (C=O) groups excluding carboxylic acids is 1. The topological polar surface area (TPSA) is 66.5 Å². The number of likely N-dealkylation sites (N-methyl/N-ethyl adjacent to an activating group) is 1. The lowest BCUT2D eigenvalue weighted by molar-refractivity contribution is -0.129. The highest BCUT2D eigenvalue weighted by molar-refractivity contribution is 7.92. The van der Waals surface area contributed by atoms with Gasteiger partial charge in [-0.15, -0.1) is 12.4 Å². The highest BCUT2D eigenvalue weighted by Crippen LogP contribution is 2.17. The van der Waals surface area contributed by atoms with E-state index in [1.54, 1.807) is 4.90 Å². The predicted octanol–water partition coefficient (Wildman–Crippen LogP) is 1.22. The van der Waals surface area contributed by atoms with Gasteiger partial charge < -0.3 is 10.2 Å². The molecule has 0 aliphatic carbocycles. The number of sulfone groups is 1. The minimum absolute atomic E-state index is 0. The monoisotopic (exact) mass is 326 g/mol. The van der Waals surface area contributed by atoms with E-state index in [2.05, 4.69) is 5.32 Å². The number of nitrogens with one attached hydrogen (secondary N) is 1. The van der Waals surface area contributed by atoms with Crippen LogP contribution in [-0.2, 0) is 14.6 Å². The molecule has 1 rings (SSSR count). The van der Waals surface area contributed by atoms with E-state index in [0.717, 1.165) is 32.2 Å². The first kappa shape index (κ1) is 19.7. The van der Waals surface area contributed by atoms with Crippen molar-refractivity contribution >= 4 is 28.2 Å². The van der Waals surface area contributed by atoms with Crippen molar-refractivity contribution in [1.82, 2.24) is 10.2 Å². The number of nitrogens with zero attached hydrogens (tertiary/aromatic N) is 1. The van der Waals surface area contributed by atoms with Crippen LogP contribution in [0.3, 0.4) is 0 Å². The molecule has 0 aromatic rings. The Balaban J connectivity index is 0.00000361. The Bertz CT molecular complexity index is 387. The van der Waals surface area contributed by atoms with Crippen LogP contribution in [0.25, 0.3) is 0 Å². The van der Waals surface area contributed by atoms with E-state index in [1.165, 1.54) is 0 Å². The third-order valence-electron chi connectivity index (χ3n) is 3.54. The Hall–Kier alpha value is -0.330. The Labute approximate surface area is 128 Å². The maximum atomic E-state index is 12.1. The lowest BCUT2D eigenvalue weighted by atomic mass is 10.2. The van der Waals surface area contributed by atoms with Crippen LogP contribution in [0.4, 0.5) is 0 Å². The van der Waals surface area contributed by atoms with Crippen molar-refractivity contribution in [2.24, 2.45) is 0 Å². The minimum atomic E-state index is -3.24. The van der Waals surface area contributed by atoms with Crippen molar-refractivity contribution in [3.05, 3.63) is 0 Å². The van der Waals surface area contributed by atoms with Gasteiger partial charge in [-0.3, -0.25) is 4.79 Å². The van der Waals surface area contributed by atoms with Gasteiger partial charge in [-0.2, -0.15) is 0 Å². The molecule has 1 unspecified atom stereocenters. The van der Waals surface area contributed by atoms with Gasteiger partial charge in [0.05, 0.1) is 5.75 Å². The summed E-state index contributed by atoms with van der Waals surface area (Å²) in [6, 6.07) is 0.156. The molecule has 0 bridgehead atoms. The van der Waals surface area contributed by atoms with Crippen molar-refractivity contribution in [1.29, 1.82) is 0 Å². The number of unbranched alkanes of at least 4 members (excludes halogenated alkanes) is 2. The molecule has 1 atom stereocenters. The second-order valence-corrected chi connectivity index (χ2v) is 7.42. The lowest BCUT2D eigenvalue weighted by Crippen LogP contribution is -2.43. The molecule has 0 aromatic carbocycles. The molecule has 7 heteroatoms. The maximum absolute atomic E-state index is 12.1. The smallest absolute Gasteiger partial charge is 0.238 e. The van der Waals surface area contributed by atoms with E-state index >= 15 is 0 Å².